The average molecular weight is 331 g/mol. The van der Waals surface area contributed by atoms with Gasteiger partial charge < -0.3 is 4.74 Å². The van der Waals surface area contributed by atoms with Gasteiger partial charge in [-0.25, -0.2) is 0 Å². The van der Waals surface area contributed by atoms with Gasteiger partial charge in [0.2, 0.25) is 0 Å². The van der Waals surface area contributed by atoms with E-state index >= 15 is 0 Å². The molecule has 1 aromatic rings. The molecule has 1 aromatic carbocycles. The van der Waals surface area contributed by atoms with Gasteiger partial charge in [-0.3, -0.25) is 24.5 Å². The standard InChI is InChI=1S/C17H17NO6/c1-4-9-24-17(21)15(11(3)19)16(14(20)5-2)12-7-6-8-13(10-12)18(22)23/h1,6-8,10,15-16H,5,9H2,2-3H3. The summed E-state index contributed by atoms with van der Waals surface area (Å²) in [6.45, 7) is 2.41. The molecule has 0 aliphatic heterocycles. The van der Waals surface area contributed by atoms with E-state index in [2.05, 4.69) is 5.92 Å². The van der Waals surface area contributed by atoms with E-state index in [1.165, 1.54) is 24.3 Å². The van der Waals surface area contributed by atoms with E-state index in [-0.39, 0.29) is 24.3 Å². The van der Waals surface area contributed by atoms with Crippen LogP contribution < -0.4 is 0 Å². The number of non-ortho nitro benzene ring substituents is 1. The van der Waals surface area contributed by atoms with Crippen molar-refractivity contribution < 1.29 is 24.0 Å². The number of carbonyl (C=O) groups excluding carboxylic acids is 3. The van der Waals surface area contributed by atoms with Crippen LogP contribution in [-0.4, -0.2) is 29.1 Å². The number of nitrogens with zero attached hydrogens (tertiary/aromatic N) is 1. The minimum Gasteiger partial charge on any atom is -0.452 e. The fraction of sp³-hybridized carbons (Fsp3) is 0.353. The Labute approximate surface area is 139 Å². The lowest BCUT2D eigenvalue weighted by Crippen LogP contribution is -2.34. The first-order chi connectivity index (χ1) is 11.3. The smallest absolute Gasteiger partial charge is 0.318 e. The van der Waals surface area contributed by atoms with Gasteiger partial charge in [0.15, 0.2) is 6.61 Å². The van der Waals surface area contributed by atoms with Crippen LogP contribution in [-0.2, 0) is 19.1 Å². The molecule has 0 aliphatic carbocycles. The van der Waals surface area contributed by atoms with Gasteiger partial charge in [0.25, 0.3) is 5.69 Å². The summed E-state index contributed by atoms with van der Waals surface area (Å²) in [6, 6.07) is 5.31. The highest BCUT2D eigenvalue weighted by atomic mass is 16.6. The summed E-state index contributed by atoms with van der Waals surface area (Å²) in [5, 5.41) is 10.9. The zero-order valence-corrected chi connectivity index (χ0v) is 13.4. The number of carbonyl (C=O) groups is 3. The number of rotatable bonds is 8. The molecule has 0 spiro atoms. The van der Waals surface area contributed by atoms with E-state index < -0.39 is 34.3 Å². The second kappa shape index (κ2) is 8.58. The Bertz CT molecular complexity index is 703. The maximum Gasteiger partial charge on any atom is 0.318 e. The summed E-state index contributed by atoms with van der Waals surface area (Å²) in [7, 11) is 0. The Morgan fingerprint density at radius 1 is 1.38 bits per heavy atom. The normalized spacial score (nSPS) is 12.5. The van der Waals surface area contributed by atoms with Crippen LogP contribution in [0.2, 0.25) is 0 Å². The Morgan fingerprint density at radius 3 is 2.54 bits per heavy atom. The molecule has 0 saturated carbocycles. The highest BCUT2D eigenvalue weighted by molar-refractivity contribution is 6.04. The van der Waals surface area contributed by atoms with Crippen LogP contribution in [0, 0.1) is 28.4 Å². The molecule has 7 heteroatoms. The number of nitro groups is 1. The summed E-state index contributed by atoms with van der Waals surface area (Å²) < 4.78 is 4.81. The molecule has 0 N–H and O–H groups in total. The lowest BCUT2D eigenvalue weighted by atomic mass is 9.79. The van der Waals surface area contributed by atoms with Gasteiger partial charge in [-0.1, -0.05) is 25.0 Å². The molecule has 0 heterocycles. The Balaban J connectivity index is 3.38. The van der Waals surface area contributed by atoms with Crippen molar-refractivity contribution in [3.8, 4) is 12.3 Å². The minimum absolute atomic E-state index is 0.0551. The number of nitro benzene ring substituents is 1. The number of esters is 1. The number of hydrogen-bond acceptors (Lipinski definition) is 6. The number of hydrogen-bond donors (Lipinski definition) is 0. The van der Waals surface area contributed by atoms with Gasteiger partial charge in [0.1, 0.15) is 17.5 Å². The van der Waals surface area contributed by atoms with Crippen molar-refractivity contribution in [1.29, 1.82) is 0 Å². The van der Waals surface area contributed by atoms with Gasteiger partial charge in [0.05, 0.1) is 10.8 Å². The molecule has 126 valence electrons. The topological polar surface area (TPSA) is 104 Å². The summed E-state index contributed by atoms with van der Waals surface area (Å²) in [5.74, 6) is -2.33. The van der Waals surface area contributed by atoms with Gasteiger partial charge >= 0.3 is 5.97 Å². The quantitative estimate of drug-likeness (QED) is 0.237. The first-order valence-electron chi connectivity index (χ1n) is 7.21. The molecule has 24 heavy (non-hydrogen) atoms. The van der Waals surface area contributed by atoms with E-state index in [9.17, 15) is 24.5 Å². The van der Waals surface area contributed by atoms with Crippen molar-refractivity contribution >= 4 is 23.2 Å². The van der Waals surface area contributed by atoms with Crippen LogP contribution in [0.5, 0.6) is 0 Å². The molecule has 0 fully saturated rings. The van der Waals surface area contributed by atoms with Crippen LogP contribution in [0.1, 0.15) is 31.7 Å². The molecule has 0 amide bonds. The van der Waals surface area contributed by atoms with E-state index in [0.29, 0.717) is 0 Å². The predicted octanol–water partition coefficient (Wildman–Crippen LogP) is 2.04. The highest BCUT2D eigenvalue weighted by Crippen LogP contribution is 2.31. The van der Waals surface area contributed by atoms with Crippen LogP contribution in [0.3, 0.4) is 0 Å². The van der Waals surface area contributed by atoms with Crippen molar-refractivity contribution in [2.45, 2.75) is 26.2 Å². The van der Waals surface area contributed by atoms with Crippen LogP contribution >= 0.6 is 0 Å². The van der Waals surface area contributed by atoms with Gasteiger partial charge in [0, 0.05) is 18.6 Å². The van der Waals surface area contributed by atoms with E-state index in [0.717, 1.165) is 6.92 Å². The summed E-state index contributed by atoms with van der Waals surface area (Å²) in [6.07, 6.45) is 5.08. The summed E-state index contributed by atoms with van der Waals surface area (Å²) in [4.78, 5) is 46.8. The van der Waals surface area contributed by atoms with E-state index in [1.54, 1.807) is 6.92 Å². The molecule has 7 nitrogen and oxygen atoms in total. The highest BCUT2D eigenvalue weighted by Gasteiger charge is 2.39. The fourth-order valence-electron chi connectivity index (χ4n) is 2.36. The largest absolute Gasteiger partial charge is 0.452 e. The zero-order valence-electron chi connectivity index (χ0n) is 13.4. The Morgan fingerprint density at radius 2 is 2.04 bits per heavy atom. The monoisotopic (exact) mass is 331 g/mol. The molecule has 1 rings (SSSR count). The second-order valence-corrected chi connectivity index (χ2v) is 5.05. The molecule has 2 atom stereocenters. The van der Waals surface area contributed by atoms with Crippen molar-refractivity contribution in [3.05, 3.63) is 39.9 Å². The van der Waals surface area contributed by atoms with E-state index in [4.69, 9.17) is 11.2 Å². The third kappa shape index (κ3) is 4.49. The SMILES string of the molecule is C#CCOC(=O)C(C(C)=O)C(C(=O)CC)c1cccc([N+](=O)[O-])c1. The fourth-order valence-corrected chi connectivity index (χ4v) is 2.36. The predicted molar refractivity (Wildman–Crippen MR) is 85.1 cm³/mol. The minimum atomic E-state index is -1.40. The third-order valence-electron chi connectivity index (χ3n) is 3.46. The second-order valence-electron chi connectivity index (χ2n) is 5.05. The number of ether oxygens (including phenoxy) is 1. The lowest BCUT2D eigenvalue weighted by molar-refractivity contribution is -0.384. The molecule has 0 aliphatic rings. The van der Waals surface area contributed by atoms with Crippen molar-refractivity contribution in [2.75, 3.05) is 6.61 Å². The number of Topliss-reactive ketones (excluding diaryl/α,β-unsaturated/α-hetero) is 2. The lowest BCUT2D eigenvalue weighted by Gasteiger charge is -2.22. The van der Waals surface area contributed by atoms with Crippen LogP contribution in [0.25, 0.3) is 0 Å². The summed E-state index contributed by atoms with van der Waals surface area (Å²) in [5.41, 5.74) is -0.0189. The number of benzene rings is 1. The maximum absolute atomic E-state index is 12.3. The van der Waals surface area contributed by atoms with Gasteiger partial charge in [-0.05, 0) is 12.5 Å². The van der Waals surface area contributed by atoms with Crippen LogP contribution in [0.15, 0.2) is 24.3 Å². The molecular formula is C17H17NO6. The molecule has 0 saturated heterocycles. The first-order valence-corrected chi connectivity index (χ1v) is 7.21. The molecule has 0 radical (unpaired) electrons. The molecule has 0 aromatic heterocycles. The third-order valence-corrected chi connectivity index (χ3v) is 3.46. The first kappa shape index (κ1) is 19.0. The van der Waals surface area contributed by atoms with Gasteiger partial charge in [-0.2, -0.15) is 0 Å². The maximum atomic E-state index is 12.3. The Hall–Kier alpha value is -3.01. The number of terminal acetylenes is 1. The summed E-state index contributed by atoms with van der Waals surface area (Å²) >= 11 is 0. The Kier molecular flexibility index (Phi) is 6.80. The average Bonchev–Trinajstić information content (AvgIpc) is 2.56. The van der Waals surface area contributed by atoms with Crippen molar-refractivity contribution in [1.82, 2.24) is 0 Å². The zero-order chi connectivity index (χ0) is 18.3. The number of ketones is 2. The molecular weight excluding hydrogens is 314 g/mol. The molecule has 0 bridgehead atoms. The van der Waals surface area contributed by atoms with Crippen molar-refractivity contribution in [2.24, 2.45) is 5.92 Å². The van der Waals surface area contributed by atoms with Crippen LogP contribution in [0.4, 0.5) is 5.69 Å². The molecule has 2 unspecified atom stereocenters. The van der Waals surface area contributed by atoms with E-state index in [1.807, 2.05) is 0 Å². The van der Waals surface area contributed by atoms with Gasteiger partial charge in [-0.15, -0.1) is 6.42 Å². The van der Waals surface area contributed by atoms with Crippen molar-refractivity contribution in [3.63, 3.8) is 0 Å².